The molecule has 82 valence electrons. The molecule has 1 aliphatic heterocycles. The minimum Gasteiger partial charge on any atom is -0.382 e. The standard InChI is InChI=1S/C10H20N2O2/c1-10(2,3)12-9(14)8(13)7-5-4-6-11-7/h7-8,11,13H,4-6H2,1-3H3,(H,12,14)/t7-,8?/m0/s1. The van der Waals surface area contributed by atoms with Crippen molar-refractivity contribution in [3.8, 4) is 0 Å². The van der Waals surface area contributed by atoms with E-state index in [2.05, 4.69) is 10.6 Å². The van der Waals surface area contributed by atoms with E-state index >= 15 is 0 Å². The van der Waals surface area contributed by atoms with E-state index in [1.807, 2.05) is 20.8 Å². The molecule has 1 heterocycles. The summed E-state index contributed by atoms with van der Waals surface area (Å²) in [6.45, 7) is 6.60. The normalized spacial score (nSPS) is 24.7. The second-order valence-electron chi connectivity index (χ2n) is 4.89. The largest absolute Gasteiger partial charge is 0.382 e. The highest BCUT2D eigenvalue weighted by molar-refractivity contribution is 5.81. The van der Waals surface area contributed by atoms with Gasteiger partial charge in [0, 0.05) is 11.6 Å². The molecule has 1 rings (SSSR count). The van der Waals surface area contributed by atoms with Crippen molar-refractivity contribution < 1.29 is 9.90 Å². The Labute approximate surface area is 85.1 Å². The monoisotopic (exact) mass is 200 g/mol. The minimum atomic E-state index is -0.920. The molecule has 1 saturated heterocycles. The van der Waals surface area contributed by atoms with Crippen molar-refractivity contribution in [3.63, 3.8) is 0 Å². The van der Waals surface area contributed by atoms with Gasteiger partial charge in [0.1, 0.15) is 6.10 Å². The molecule has 0 radical (unpaired) electrons. The molecule has 4 nitrogen and oxygen atoms in total. The van der Waals surface area contributed by atoms with Gasteiger partial charge >= 0.3 is 0 Å². The van der Waals surface area contributed by atoms with Gasteiger partial charge in [-0.2, -0.15) is 0 Å². The molecule has 0 aromatic carbocycles. The lowest BCUT2D eigenvalue weighted by Gasteiger charge is -2.25. The highest BCUT2D eigenvalue weighted by atomic mass is 16.3. The Kier molecular flexibility index (Phi) is 3.50. The highest BCUT2D eigenvalue weighted by Gasteiger charge is 2.30. The van der Waals surface area contributed by atoms with Crippen molar-refractivity contribution in [1.82, 2.24) is 10.6 Å². The summed E-state index contributed by atoms with van der Waals surface area (Å²) >= 11 is 0. The van der Waals surface area contributed by atoms with E-state index in [9.17, 15) is 9.90 Å². The Morgan fingerprint density at radius 3 is 2.64 bits per heavy atom. The molecule has 14 heavy (non-hydrogen) atoms. The molecule has 2 atom stereocenters. The van der Waals surface area contributed by atoms with Gasteiger partial charge in [0.2, 0.25) is 0 Å². The molecule has 0 saturated carbocycles. The predicted octanol–water partition coefficient (Wildman–Crippen LogP) is 0.0140. The summed E-state index contributed by atoms with van der Waals surface area (Å²) < 4.78 is 0. The minimum absolute atomic E-state index is 0.0719. The van der Waals surface area contributed by atoms with Crippen molar-refractivity contribution in [1.29, 1.82) is 0 Å². The van der Waals surface area contributed by atoms with Crippen LogP contribution < -0.4 is 10.6 Å². The molecule has 0 bridgehead atoms. The fourth-order valence-corrected chi connectivity index (χ4v) is 1.61. The molecule has 3 N–H and O–H groups in total. The van der Waals surface area contributed by atoms with E-state index in [0.717, 1.165) is 19.4 Å². The van der Waals surface area contributed by atoms with E-state index in [1.54, 1.807) is 0 Å². The van der Waals surface area contributed by atoms with Crippen LogP contribution in [0.15, 0.2) is 0 Å². The molecular formula is C10H20N2O2. The molecule has 1 fully saturated rings. The maximum atomic E-state index is 11.5. The van der Waals surface area contributed by atoms with E-state index in [1.165, 1.54) is 0 Å². The summed E-state index contributed by atoms with van der Waals surface area (Å²) in [5.41, 5.74) is -0.281. The van der Waals surface area contributed by atoms with E-state index in [0.29, 0.717) is 0 Å². The summed E-state index contributed by atoms with van der Waals surface area (Å²) in [4.78, 5) is 11.5. The first-order valence-corrected chi connectivity index (χ1v) is 5.13. The van der Waals surface area contributed by atoms with Gasteiger partial charge in [-0.1, -0.05) is 0 Å². The third kappa shape index (κ3) is 3.27. The molecule has 4 heteroatoms. The number of amides is 1. The lowest BCUT2D eigenvalue weighted by atomic mass is 10.1. The van der Waals surface area contributed by atoms with Crippen molar-refractivity contribution in [2.24, 2.45) is 0 Å². The van der Waals surface area contributed by atoms with Crippen LogP contribution in [0.4, 0.5) is 0 Å². The lowest BCUT2D eigenvalue weighted by molar-refractivity contribution is -0.132. The van der Waals surface area contributed by atoms with Crippen molar-refractivity contribution >= 4 is 5.91 Å². The van der Waals surface area contributed by atoms with Crippen LogP contribution in [-0.4, -0.2) is 35.2 Å². The van der Waals surface area contributed by atoms with Gasteiger partial charge in [0.25, 0.3) is 5.91 Å². The van der Waals surface area contributed by atoms with E-state index in [-0.39, 0.29) is 17.5 Å². The zero-order valence-corrected chi connectivity index (χ0v) is 9.13. The van der Waals surface area contributed by atoms with Gasteiger partial charge in [-0.05, 0) is 40.2 Å². The summed E-state index contributed by atoms with van der Waals surface area (Å²) in [5.74, 6) is -0.281. The maximum absolute atomic E-state index is 11.5. The van der Waals surface area contributed by atoms with Gasteiger partial charge < -0.3 is 15.7 Å². The Balaban J connectivity index is 2.43. The van der Waals surface area contributed by atoms with Crippen LogP contribution in [-0.2, 0) is 4.79 Å². The van der Waals surface area contributed by atoms with Crippen molar-refractivity contribution in [2.75, 3.05) is 6.54 Å². The topological polar surface area (TPSA) is 61.4 Å². The molecule has 0 aromatic heterocycles. The van der Waals surface area contributed by atoms with Gasteiger partial charge in [-0.15, -0.1) is 0 Å². The second kappa shape index (κ2) is 4.28. The first-order valence-electron chi connectivity index (χ1n) is 5.13. The first-order chi connectivity index (χ1) is 6.40. The van der Waals surface area contributed by atoms with Gasteiger partial charge in [0.05, 0.1) is 0 Å². The van der Waals surface area contributed by atoms with Crippen LogP contribution in [0.5, 0.6) is 0 Å². The first kappa shape index (κ1) is 11.5. The highest BCUT2D eigenvalue weighted by Crippen LogP contribution is 2.10. The summed E-state index contributed by atoms with van der Waals surface area (Å²) in [5, 5.41) is 15.6. The van der Waals surface area contributed by atoms with Gasteiger partial charge in [-0.25, -0.2) is 0 Å². The zero-order chi connectivity index (χ0) is 10.8. The summed E-state index contributed by atoms with van der Waals surface area (Å²) in [6, 6.07) is -0.0719. The lowest BCUT2D eigenvalue weighted by Crippen LogP contribution is -2.51. The quantitative estimate of drug-likeness (QED) is 0.588. The Morgan fingerprint density at radius 1 is 1.57 bits per heavy atom. The number of aliphatic hydroxyl groups is 1. The number of hydrogen-bond donors (Lipinski definition) is 3. The van der Waals surface area contributed by atoms with Crippen LogP contribution in [0.3, 0.4) is 0 Å². The zero-order valence-electron chi connectivity index (χ0n) is 9.13. The van der Waals surface area contributed by atoms with Crippen LogP contribution in [0, 0.1) is 0 Å². The average Bonchev–Trinajstić information content (AvgIpc) is 2.51. The number of aliphatic hydroxyl groups excluding tert-OH is 1. The molecule has 1 aliphatic rings. The average molecular weight is 200 g/mol. The van der Waals surface area contributed by atoms with Gasteiger partial charge in [-0.3, -0.25) is 4.79 Å². The smallest absolute Gasteiger partial charge is 0.250 e. The molecule has 0 spiro atoms. The Morgan fingerprint density at radius 2 is 2.21 bits per heavy atom. The van der Waals surface area contributed by atoms with Crippen LogP contribution in [0.1, 0.15) is 33.6 Å². The predicted molar refractivity (Wildman–Crippen MR) is 54.9 cm³/mol. The number of carbonyl (C=O) groups is 1. The Bertz CT molecular complexity index is 205. The number of carbonyl (C=O) groups excluding carboxylic acids is 1. The maximum Gasteiger partial charge on any atom is 0.250 e. The summed E-state index contributed by atoms with van der Waals surface area (Å²) in [6.07, 6.45) is 0.986. The van der Waals surface area contributed by atoms with Gasteiger partial charge in [0.15, 0.2) is 0 Å². The Hall–Kier alpha value is -0.610. The fraction of sp³-hybridized carbons (Fsp3) is 0.900. The number of hydrogen-bond acceptors (Lipinski definition) is 3. The molecule has 1 unspecified atom stereocenters. The molecule has 1 amide bonds. The molecule has 0 aliphatic carbocycles. The molecular weight excluding hydrogens is 180 g/mol. The van der Waals surface area contributed by atoms with Crippen LogP contribution in [0.25, 0.3) is 0 Å². The van der Waals surface area contributed by atoms with E-state index in [4.69, 9.17) is 0 Å². The van der Waals surface area contributed by atoms with Crippen LogP contribution in [0.2, 0.25) is 0 Å². The summed E-state index contributed by atoms with van der Waals surface area (Å²) in [7, 11) is 0. The van der Waals surface area contributed by atoms with E-state index < -0.39 is 6.10 Å². The van der Waals surface area contributed by atoms with Crippen LogP contribution >= 0.6 is 0 Å². The van der Waals surface area contributed by atoms with Crippen molar-refractivity contribution in [2.45, 2.75) is 51.3 Å². The number of nitrogens with one attached hydrogen (secondary N) is 2. The third-order valence-electron chi connectivity index (χ3n) is 2.25. The number of rotatable bonds is 2. The molecule has 0 aromatic rings. The fourth-order valence-electron chi connectivity index (χ4n) is 1.61. The van der Waals surface area contributed by atoms with Crippen molar-refractivity contribution in [3.05, 3.63) is 0 Å². The SMILES string of the molecule is CC(C)(C)NC(=O)C(O)[C@@H]1CCCN1. The second-order valence-corrected chi connectivity index (χ2v) is 4.89. The third-order valence-corrected chi connectivity index (χ3v) is 2.25.